The maximum absolute atomic E-state index is 14.0. The van der Waals surface area contributed by atoms with Gasteiger partial charge >= 0.3 is 0 Å². The number of carbonyl (C=O) groups excluding carboxylic acids is 1. The number of halogens is 2. The Morgan fingerprint density at radius 2 is 2.18 bits per heavy atom. The zero-order valence-electron chi connectivity index (χ0n) is 11.5. The highest BCUT2D eigenvalue weighted by Gasteiger charge is 2.37. The average Bonchev–Trinajstić information content (AvgIpc) is 2.96. The van der Waals surface area contributed by atoms with E-state index >= 15 is 0 Å². The third-order valence-corrected chi connectivity index (χ3v) is 4.46. The van der Waals surface area contributed by atoms with Crippen molar-refractivity contribution in [1.29, 1.82) is 0 Å². The molecule has 1 heterocycles. The van der Waals surface area contributed by atoms with Crippen molar-refractivity contribution in [2.45, 2.75) is 25.0 Å². The summed E-state index contributed by atoms with van der Waals surface area (Å²) in [7, 11) is 0. The van der Waals surface area contributed by atoms with Gasteiger partial charge in [-0.2, -0.15) is 0 Å². The minimum atomic E-state index is -0.704. The number of aliphatic hydroxyl groups is 1. The molecular formula is C15H14F2N2O2S. The van der Waals surface area contributed by atoms with E-state index in [2.05, 4.69) is 10.3 Å². The van der Waals surface area contributed by atoms with Gasteiger partial charge < -0.3 is 10.4 Å². The monoisotopic (exact) mass is 324 g/mol. The maximum atomic E-state index is 14.0. The minimum Gasteiger partial charge on any atom is -0.393 e. The Labute approximate surface area is 129 Å². The van der Waals surface area contributed by atoms with Crippen molar-refractivity contribution in [3.63, 3.8) is 0 Å². The Bertz CT molecular complexity index is 672. The molecular weight excluding hydrogens is 310 g/mol. The molecule has 1 saturated carbocycles. The molecule has 22 heavy (non-hydrogen) atoms. The van der Waals surface area contributed by atoms with Crippen LogP contribution in [0.15, 0.2) is 29.1 Å². The molecule has 116 valence electrons. The summed E-state index contributed by atoms with van der Waals surface area (Å²) in [4.78, 5) is 16.1. The Morgan fingerprint density at radius 3 is 2.77 bits per heavy atom. The van der Waals surface area contributed by atoms with Crippen molar-refractivity contribution in [2.24, 2.45) is 5.92 Å². The lowest BCUT2D eigenvalue weighted by Crippen LogP contribution is -2.41. The maximum Gasteiger partial charge on any atom is 0.271 e. The third-order valence-electron chi connectivity index (χ3n) is 3.87. The van der Waals surface area contributed by atoms with Crippen LogP contribution in [-0.2, 0) is 0 Å². The predicted octanol–water partition coefficient (Wildman–Crippen LogP) is 2.66. The lowest BCUT2D eigenvalue weighted by atomic mass is 9.75. The molecule has 0 spiro atoms. The summed E-state index contributed by atoms with van der Waals surface area (Å²) in [6.07, 6.45) is 0.504. The van der Waals surface area contributed by atoms with Crippen molar-refractivity contribution in [3.05, 3.63) is 52.0 Å². The van der Waals surface area contributed by atoms with Crippen LogP contribution in [0.2, 0.25) is 0 Å². The minimum absolute atomic E-state index is 0.0856. The van der Waals surface area contributed by atoms with E-state index in [0.717, 1.165) is 12.1 Å². The molecule has 1 aromatic carbocycles. The second-order valence-electron chi connectivity index (χ2n) is 5.38. The highest BCUT2D eigenvalue weighted by Crippen LogP contribution is 2.39. The van der Waals surface area contributed by atoms with Gasteiger partial charge in [0.25, 0.3) is 5.91 Å². The van der Waals surface area contributed by atoms with E-state index in [0.29, 0.717) is 12.8 Å². The van der Waals surface area contributed by atoms with Gasteiger partial charge in [-0.3, -0.25) is 4.79 Å². The van der Waals surface area contributed by atoms with Crippen LogP contribution in [0.4, 0.5) is 8.78 Å². The van der Waals surface area contributed by atoms with Gasteiger partial charge in [0.2, 0.25) is 0 Å². The normalized spacial score (nSPS) is 22.0. The number of nitrogens with one attached hydrogen (secondary N) is 1. The largest absolute Gasteiger partial charge is 0.393 e. The van der Waals surface area contributed by atoms with Gasteiger partial charge in [0.1, 0.15) is 17.3 Å². The summed E-state index contributed by atoms with van der Waals surface area (Å²) in [5.74, 6) is -1.86. The van der Waals surface area contributed by atoms with Crippen molar-refractivity contribution < 1.29 is 18.7 Å². The Hall–Kier alpha value is -1.86. The van der Waals surface area contributed by atoms with Crippen LogP contribution in [0.3, 0.4) is 0 Å². The molecule has 3 rings (SSSR count). The molecule has 4 nitrogen and oxygen atoms in total. The second kappa shape index (κ2) is 6.10. The van der Waals surface area contributed by atoms with Gasteiger partial charge in [0.15, 0.2) is 0 Å². The molecule has 1 aliphatic rings. The Balaban J connectivity index is 1.85. The van der Waals surface area contributed by atoms with Gasteiger partial charge in [0.05, 0.1) is 17.7 Å². The number of hydrogen-bond acceptors (Lipinski definition) is 4. The molecule has 0 aliphatic heterocycles. The fourth-order valence-electron chi connectivity index (χ4n) is 2.65. The first-order chi connectivity index (χ1) is 10.5. The number of hydrogen-bond donors (Lipinski definition) is 2. The van der Waals surface area contributed by atoms with Crippen LogP contribution in [0, 0.1) is 17.6 Å². The molecule has 1 fully saturated rings. The first kappa shape index (κ1) is 15.1. The molecule has 1 aromatic heterocycles. The molecule has 0 bridgehead atoms. The van der Waals surface area contributed by atoms with E-state index in [1.165, 1.54) is 22.9 Å². The standard InChI is InChI=1S/C15H14F2N2O2S/c16-9-1-2-11(12(17)5-9)14(8-3-10(20)4-8)19-15(21)13-6-22-7-18-13/h1-2,5-8,10,14,20H,3-4H2,(H,19,21)/t8?,10?,14-/m0/s1. The molecule has 2 aromatic rings. The zero-order valence-corrected chi connectivity index (χ0v) is 12.3. The Kier molecular flexibility index (Phi) is 4.17. The van der Waals surface area contributed by atoms with Gasteiger partial charge in [-0.1, -0.05) is 6.07 Å². The number of aromatic nitrogens is 1. The number of rotatable bonds is 4. The van der Waals surface area contributed by atoms with Crippen molar-refractivity contribution in [2.75, 3.05) is 0 Å². The highest BCUT2D eigenvalue weighted by atomic mass is 32.1. The van der Waals surface area contributed by atoms with Gasteiger partial charge in [-0.25, -0.2) is 13.8 Å². The second-order valence-corrected chi connectivity index (χ2v) is 6.09. The molecule has 1 atom stereocenters. The molecule has 0 radical (unpaired) electrons. The summed E-state index contributed by atoms with van der Waals surface area (Å²) in [6, 6.07) is 2.68. The SMILES string of the molecule is O=C(N[C@H](c1ccc(F)cc1F)C1CC(O)C1)c1cscn1. The van der Waals surface area contributed by atoms with Crippen molar-refractivity contribution in [1.82, 2.24) is 10.3 Å². The van der Waals surface area contributed by atoms with Crippen LogP contribution in [0.5, 0.6) is 0 Å². The molecule has 2 N–H and O–H groups in total. The van der Waals surface area contributed by atoms with Crippen LogP contribution in [0.25, 0.3) is 0 Å². The molecule has 7 heteroatoms. The smallest absolute Gasteiger partial charge is 0.271 e. The van der Waals surface area contributed by atoms with Crippen LogP contribution in [-0.4, -0.2) is 22.1 Å². The molecule has 0 unspecified atom stereocenters. The zero-order chi connectivity index (χ0) is 15.7. The summed E-state index contributed by atoms with van der Waals surface area (Å²) in [5, 5.41) is 13.8. The van der Waals surface area contributed by atoms with Crippen molar-refractivity contribution in [3.8, 4) is 0 Å². The van der Waals surface area contributed by atoms with Crippen molar-refractivity contribution >= 4 is 17.2 Å². The molecule has 1 amide bonds. The van der Waals surface area contributed by atoms with Gasteiger partial charge in [-0.05, 0) is 24.8 Å². The van der Waals surface area contributed by atoms with Crippen LogP contribution >= 0.6 is 11.3 Å². The van der Waals surface area contributed by atoms with Crippen LogP contribution < -0.4 is 5.32 Å². The molecule has 0 saturated heterocycles. The number of benzene rings is 1. The van der Waals surface area contributed by atoms with E-state index in [1.54, 1.807) is 5.38 Å². The lowest BCUT2D eigenvalue weighted by molar-refractivity contribution is 0.0228. The first-order valence-corrected chi connectivity index (χ1v) is 7.81. The average molecular weight is 324 g/mol. The van der Waals surface area contributed by atoms with E-state index in [-0.39, 0.29) is 17.2 Å². The number of carbonyl (C=O) groups is 1. The number of amides is 1. The van der Waals surface area contributed by atoms with E-state index < -0.39 is 29.7 Å². The first-order valence-electron chi connectivity index (χ1n) is 6.86. The highest BCUT2D eigenvalue weighted by molar-refractivity contribution is 7.07. The number of nitrogens with zero attached hydrogens (tertiary/aromatic N) is 1. The predicted molar refractivity (Wildman–Crippen MR) is 77.4 cm³/mol. The number of thiazole rings is 1. The Morgan fingerprint density at radius 1 is 1.41 bits per heavy atom. The summed E-state index contributed by atoms with van der Waals surface area (Å²) >= 11 is 1.29. The molecule has 1 aliphatic carbocycles. The van der Waals surface area contributed by atoms with E-state index in [1.807, 2.05) is 0 Å². The summed E-state index contributed by atoms with van der Waals surface area (Å²) < 4.78 is 27.1. The number of aliphatic hydroxyl groups excluding tert-OH is 1. The van der Waals surface area contributed by atoms with Crippen LogP contribution in [0.1, 0.15) is 34.9 Å². The third kappa shape index (κ3) is 3.00. The van der Waals surface area contributed by atoms with Gasteiger partial charge in [0, 0.05) is 17.0 Å². The van der Waals surface area contributed by atoms with E-state index in [9.17, 15) is 18.7 Å². The van der Waals surface area contributed by atoms with Gasteiger partial charge in [-0.15, -0.1) is 11.3 Å². The quantitative estimate of drug-likeness (QED) is 0.909. The topological polar surface area (TPSA) is 62.2 Å². The fourth-order valence-corrected chi connectivity index (χ4v) is 3.18. The van der Waals surface area contributed by atoms with E-state index in [4.69, 9.17) is 0 Å². The fraction of sp³-hybridized carbons (Fsp3) is 0.333. The summed E-state index contributed by atoms with van der Waals surface area (Å²) in [5.41, 5.74) is 2.02. The lowest BCUT2D eigenvalue weighted by Gasteiger charge is -2.38. The summed E-state index contributed by atoms with van der Waals surface area (Å²) in [6.45, 7) is 0.